The van der Waals surface area contributed by atoms with Crippen molar-refractivity contribution in [2.75, 3.05) is 0 Å². The maximum atomic E-state index is 12.4. The van der Waals surface area contributed by atoms with Crippen LogP contribution in [-0.4, -0.2) is 26.7 Å². The highest BCUT2D eigenvalue weighted by atomic mass is 32.1. The Hall–Kier alpha value is -1.82. The molecule has 2 heterocycles. The van der Waals surface area contributed by atoms with E-state index in [1.807, 2.05) is 0 Å². The van der Waals surface area contributed by atoms with Crippen LogP contribution < -0.4 is 5.73 Å². The zero-order chi connectivity index (χ0) is 15.1. The van der Waals surface area contributed by atoms with Crippen LogP contribution in [0.25, 0.3) is 0 Å². The van der Waals surface area contributed by atoms with Gasteiger partial charge in [0.05, 0.1) is 24.1 Å². The first-order valence-corrected chi connectivity index (χ1v) is 7.48. The molecule has 2 unspecified atom stereocenters. The van der Waals surface area contributed by atoms with Crippen molar-refractivity contribution in [3.8, 4) is 0 Å². The maximum absolute atomic E-state index is 12.4. The number of imide groups is 1. The Labute approximate surface area is 128 Å². The summed E-state index contributed by atoms with van der Waals surface area (Å²) in [6.45, 7) is 2.37. The molecule has 3 rings (SSSR count). The van der Waals surface area contributed by atoms with Gasteiger partial charge in [-0.3, -0.25) is 19.5 Å². The van der Waals surface area contributed by atoms with Crippen LogP contribution in [0.15, 0.2) is 18.3 Å². The minimum atomic E-state index is -0.121. The predicted octanol–water partition coefficient (Wildman–Crippen LogP) is 1.25. The van der Waals surface area contributed by atoms with Crippen LogP contribution in [0.2, 0.25) is 0 Å². The summed E-state index contributed by atoms with van der Waals surface area (Å²) in [5.41, 5.74) is 6.89. The van der Waals surface area contributed by atoms with E-state index in [4.69, 9.17) is 18.0 Å². The molecule has 2 aliphatic rings. The summed E-state index contributed by atoms with van der Waals surface area (Å²) in [6, 6.07) is 3.51. The van der Waals surface area contributed by atoms with E-state index in [0.29, 0.717) is 11.6 Å². The Morgan fingerprint density at radius 1 is 1.38 bits per heavy atom. The monoisotopic (exact) mass is 303 g/mol. The molecule has 110 valence electrons. The van der Waals surface area contributed by atoms with Crippen LogP contribution in [0.1, 0.15) is 31.0 Å². The third-order valence-corrected chi connectivity index (χ3v) is 4.59. The van der Waals surface area contributed by atoms with E-state index in [9.17, 15) is 9.59 Å². The highest BCUT2D eigenvalue weighted by molar-refractivity contribution is 7.80. The van der Waals surface area contributed by atoms with E-state index in [2.05, 4.69) is 11.9 Å². The van der Waals surface area contributed by atoms with E-state index < -0.39 is 0 Å². The normalized spacial score (nSPS) is 28.0. The van der Waals surface area contributed by atoms with Crippen molar-refractivity contribution in [1.82, 2.24) is 9.88 Å². The van der Waals surface area contributed by atoms with Gasteiger partial charge in [-0.15, -0.1) is 0 Å². The fraction of sp³-hybridized carbons (Fsp3) is 0.467. The summed E-state index contributed by atoms with van der Waals surface area (Å²) >= 11 is 4.90. The van der Waals surface area contributed by atoms with Gasteiger partial charge in [0.1, 0.15) is 4.99 Å². The lowest BCUT2D eigenvalue weighted by molar-refractivity contribution is -0.141. The highest BCUT2D eigenvalue weighted by Crippen LogP contribution is 2.43. The van der Waals surface area contributed by atoms with Gasteiger partial charge in [0, 0.05) is 6.20 Å². The van der Waals surface area contributed by atoms with Gasteiger partial charge in [0.15, 0.2) is 0 Å². The first kappa shape index (κ1) is 14.1. The quantitative estimate of drug-likeness (QED) is 0.672. The van der Waals surface area contributed by atoms with Crippen molar-refractivity contribution in [2.24, 2.45) is 23.5 Å². The summed E-state index contributed by atoms with van der Waals surface area (Å²) in [6.07, 6.45) is 3.23. The lowest BCUT2D eigenvalue weighted by Gasteiger charge is -2.17. The highest BCUT2D eigenvalue weighted by Gasteiger charge is 2.51. The number of rotatable bonds is 3. The van der Waals surface area contributed by atoms with Crippen LogP contribution in [0.4, 0.5) is 0 Å². The Morgan fingerprint density at radius 3 is 2.57 bits per heavy atom. The minimum Gasteiger partial charge on any atom is -0.388 e. The third kappa shape index (κ3) is 2.44. The van der Waals surface area contributed by atoms with Gasteiger partial charge in [0.25, 0.3) is 0 Å². The molecule has 5 nitrogen and oxygen atoms in total. The SMILES string of the molecule is CC1CC2C(=O)N(Cc3ccnc(C(N)=S)c3)C(=O)C2C1. The number of amides is 2. The van der Waals surface area contributed by atoms with Crippen LogP contribution in [-0.2, 0) is 16.1 Å². The second-order valence-corrected chi connectivity index (χ2v) is 6.41. The Morgan fingerprint density at radius 2 is 2.00 bits per heavy atom. The number of nitrogens with zero attached hydrogens (tertiary/aromatic N) is 2. The Kier molecular flexibility index (Phi) is 3.49. The molecule has 1 aromatic rings. The molecule has 1 aliphatic heterocycles. The van der Waals surface area contributed by atoms with Crippen LogP contribution in [0.5, 0.6) is 0 Å². The largest absolute Gasteiger partial charge is 0.388 e. The molecular weight excluding hydrogens is 286 g/mol. The summed E-state index contributed by atoms with van der Waals surface area (Å²) in [7, 11) is 0. The van der Waals surface area contributed by atoms with Gasteiger partial charge < -0.3 is 5.73 Å². The smallest absolute Gasteiger partial charge is 0.233 e. The third-order valence-electron chi connectivity index (χ3n) is 4.38. The lowest BCUT2D eigenvalue weighted by Crippen LogP contribution is -2.31. The van der Waals surface area contributed by atoms with E-state index in [-0.39, 0.29) is 35.2 Å². The summed E-state index contributed by atoms with van der Waals surface area (Å²) in [5, 5.41) is 0. The Balaban J connectivity index is 1.80. The van der Waals surface area contributed by atoms with E-state index >= 15 is 0 Å². The topological polar surface area (TPSA) is 76.3 Å². The number of aromatic nitrogens is 1. The van der Waals surface area contributed by atoms with Gasteiger partial charge >= 0.3 is 0 Å². The number of carbonyl (C=O) groups excluding carboxylic acids is 2. The number of carbonyl (C=O) groups is 2. The molecule has 1 saturated carbocycles. The van der Waals surface area contributed by atoms with Crippen molar-refractivity contribution in [3.63, 3.8) is 0 Å². The number of thiocarbonyl (C=S) groups is 1. The standard InChI is InChI=1S/C15H17N3O2S/c1-8-4-10-11(5-8)15(20)18(14(10)19)7-9-2-3-17-12(6-9)13(16)21/h2-3,6,8,10-11H,4-5,7H2,1H3,(H2,16,21). The molecule has 2 N–H and O–H groups in total. The number of nitrogens with two attached hydrogens (primary N) is 1. The summed E-state index contributed by atoms with van der Waals surface area (Å²) in [4.78, 5) is 30.5. The summed E-state index contributed by atoms with van der Waals surface area (Å²) < 4.78 is 0. The average Bonchev–Trinajstić information content (AvgIpc) is 2.93. The number of likely N-dealkylation sites (tertiary alicyclic amines) is 1. The number of hydrogen-bond donors (Lipinski definition) is 1. The molecule has 0 radical (unpaired) electrons. The minimum absolute atomic E-state index is 0.0389. The molecule has 2 atom stereocenters. The zero-order valence-corrected chi connectivity index (χ0v) is 12.6. The Bertz CT molecular complexity index is 607. The maximum Gasteiger partial charge on any atom is 0.233 e. The van der Waals surface area contributed by atoms with Crippen molar-refractivity contribution in [1.29, 1.82) is 0 Å². The molecule has 6 heteroatoms. The number of pyridine rings is 1. The van der Waals surface area contributed by atoms with Crippen LogP contribution in [0.3, 0.4) is 0 Å². The molecule has 21 heavy (non-hydrogen) atoms. The van der Waals surface area contributed by atoms with Crippen molar-refractivity contribution >= 4 is 29.0 Å². The first-order valence-electron chi connectivity index (χ1n) is 7.07. The predicted molar refractivity (Wildman–Crippen MR) is 81.1 cm³/mol. The van der Waals surface area contributed by atoms with Gasteiger partial charge in [-0.1, -0.05) is 19.1 Å². The number of fused-ring (bicyclic) bond motifs is 1. The van der Waals surface area contributed by atoms with Crippen molar-refractivity contribution in [2.45, 2.75) is 26.3 Å². The second kappa shape index (κ2) is 5.18. The number of hydrogen-bond acceptors (Lipinski definition) is 4. The lowest BCUT2D eigenvalue weighted by atomic mass is 10.00. The summed E-state index contributed by atoms with van der Waals surface area (Å²) in [5.74, 6) is 0.136. The van der Waals surface area contributed by atoms with Crippen LogP contribution in [0, 0.1) is 17.8 Å². The molecule has 0 spiro atoms. The zero-order valence-electron chi connectivity index (χ0n) is 11.8. The average molecular weight is 303 g/mol. The molecule has 1 saturated heterocycles. The fourth-order valence-electron chi connectivity index (χ4n) is 3.39. The molecular formula is C15H17N3O2S. The van der Waals surface area contributed by atoms with Gasteiger partial charge in [-0.05, 0) is 36.5 Å². The van der Waals surface area contributed by atoms with Gasteiger partial charge in [-0.25, -0.2) is 0 Å². The molecule has 1 aromatic heterocycles. The van der Waals surface area contributed by atoms with Gasteiger partial charge in [-0.2, -0.15) is 0 Å². The van der Waals surface area contributed by atoms with E-state index in [1.165, 1.54) is 4.90 Å². The second-order valence-electron chi connectivity index (χ2n) is 5.97. The molecule has 2 fully saturated rings. The van der Waals surface area contributed by atoms with Gasteiger partial charge in [0.2, 0.25) is 11.8 Å². The van der Waals surface area contributed by atoms with E-state index in [1.54, 1.807) is 18.3 Å². The molecule has 0 bridgehead atoms. The molecule has 0 aromatic carbocycles. The van der Waals surface area contributed by atoms with Crippen molar-refractivity contribution < 1.29 is 9.59 Å². The molecule has 1 aliphatic carbocycles. The first-order chi connectivity index (χ1) is 9.97. The molecule has 2 amide bonds. The van der Waals surface area contributed by atoms with E-state index in [0.717, 1.165) is 18.4 Å². The van der Waals surface area contributed by atoms with Crippen LogP contribution >= 0.6 is 12.2 Å². The van der Waals surface area contributed by atoms with Crippen molar-refractivity contribution in [3.05, 3.63) is 29.6 Å². The fourth-order valence-corrected chi connectivity index (χ4v) is 3.50.